The molecular weight excluding hydrogens is 408 g/mol. The summed E-state index contributed by atoms with van der Waals surface area (Å²) < 4.78 is 0. The van der Waals surface area contributed by atoms with Crippen LogP contribution in [0.15, 0.2) is 0 Å². The smallest absolute Gasteiger partial charge is 0.326 e. The summed E-state index contributed by atoms with van der Waals surface area (Å²) >= 11 is 4.13. The number of hydrogen-bond acceptors (Lipinski definition) is 6. The largest absolute Gasteiger partial charge is 0.480 e. The van der Waals surface area contributed by atoms with Gasteiger partial charge in [0, 0.05) is 5.75 Å². The maximum atomic E-state index is 12.8. The Morgan fingerprint density at radius 2 is 1.30 bits per heavy atom. The molecule has 9 nitrogen and oxygen atoms in total. The summed E-state index contributed by atoms with van der Waals surface area (Å²) in [6, 6.07) is -3.77. The molecule has 3 amide bonds. The lowest BCUT2D eigenvalue weighted by molar-refractivity contribution is -0.144. The van der Waals surface area contributed by atoms with Crippen LogP contribution in [0.1, 0.15) is 54.4 Å². The minimum Gasteiger partial charge on any atom is -0.480 e. The van der Waals surface area contributed by atoms with Gasteiger partial charge >= 0.3 is 5.97 Å². The van der Waals surface area contributed by atoms with E-state index in [0.29, 0.717) is 12.8 Å². The van der Waals surface area contributed by atoms with Gasteiger partial charge in [0.1, 0.15) is 18.1 Å². The Morgan fingerprint density at radius 1 is 0.833 bits per heavy atom. The van der Waals surface area contributed by atoms with Gasteiger partial charge in [-0.2, -0.15) is 12.6 Å². The van der Waals surface area contributed by atoms with Gasteiger partial charge in [-0.3, -0.25) is 14.4 Å². The molecule has 0 spiro atoms. The number of carboxylic acids is 1. The van der Waals surface area contributed by atoms with Gasteiger partial charge in [0.15, 0.2) is 0 Å². The molecule has 6 atom stereocenters. The van der Waals surface area contributed by atoms with Crippen molar-refractivity contribution in [1.29, 1.82) is 0 Å². The third kappa shape index (κ3) is 8.51. The Balaban J connectivity index is 5.39. The number of aliphatic carboxylic acids is 1. The number of carboxylic acid groups (broad SMARTS) is 1. The van der Waals surface area contributed by atoms with Crippen molar-refractivity contribution in [2.45, 2.75) is 78.6 Å². The van der Waals surface area contributed by atoms with Crippen molar-refractivity contribution in [1.82, 2.24) is 16.0 Å². The average Bonchev–Trinajstić information content (AvgIpc) is 2.71. The van der Waals surface area contributed by atoms with Gasteiger partial charge in [0.05, 0.1) is 6.04 Å². The van der Waals surface area contributed by atoms with Crippen LogP contribution in [0.5, 0.6) is 0 Å². The molecule has 0 heterocycles. The summed E-state index contributed by atoms with van der Waals surface area (Å²) in [7, 11) is 0. The standard InChI is InChI=1S/C20H38N4O5S/c1-7-11(5)15(19(27)24-16(20(28)29)12(6)8-2)23-17(25)13(9-30)22-18(26)14(21)10(3)4/h10-16,30H,7-9,21H2,1-6H3,(H,22,26)(H,23,25)(H,24,27)(H,28,29). The predicted octanol–water partition coefficient (Wildman–Crippen LogP) is 0.531. The Hall–Kier alpha value is -1.81. The molecule has 174 valence electrons. The van der Waals surface area contributed by atoms with E-state index in [4.69, 9.17) is 5.73 Å². The molecule has 6 N–H and O–H groups in total. The normalized spacial score (nSPS) is 17.2. The zero-order valence-electron chi connectivity index (χ0n) is 18.8. The first-order valence-electron chi connectivity index (χ1n) is 10.4. The number of carbonyl (C=O) groups excluding carboxylic acids is 3. The molecule has 0 saturated carbocycles. The van der Waals surface area contributed by atoms with Crippen LogP contribution in [0.3, 0.4) is 0 Å². The van der Waals surface area contributed by atoms with Crippen LogP contribution in [-0.4, -0.2) is 58.7 Å². The number of rotatable bonds is 13. The molecule has 0 rings (SSSR count). The van der Waals surface area contributed by atoms with Crippen LogP contribution >= 0.6 is 12.6 Å². The minimum atomic E-state index is -1.13. The molecule has 0 aromatic rings. The zero-order valence-corrected chi connectivity index (χ0v) is 19.7. The average molecular weight is 447 g/mol. The van der Waals surface area contributed by atoms with E-state index in [-0.39, 0.29) is 23.5 Å². The third-order valence-corrected chi connectivity index (χ3v) is 5.77. The fourth-order valence-electron chi connectivity index (χ4n) is 2.65. The van der Waals surface area contributed by atoms with Gasteiger partial charge in [-0.15, -0.1) is 0 Å². The SMILES string of the molecule is CCC(C)C(NC(=O)C(NC(=O)C(CS)NC(=O)C(N)C(C)C)C(C)CC)C(=O)O. The second-order valence-electron chi connectivity index (χ2n) is 8.10. The fraction of sp³-hybridized carbons (Fsp3) is 0.800. The molecule has 0 aromatic carbocycles. The number of amides is 3. The fourth-order valence-corrected chi connectivity index (χ4v) is 2.90. The summed E-state index contributed by atoms with van der Waals surface area (Å²) in [6.07, 6.45) is 1.15. The van der Waals surface area contributed by atoms with E-state index < -0.39 is 47.9 Å². The van der Waals surface area contributed by atoms with Crippen molar-refractivity contribution in [3.8, 4) is 0 Å². The first kappa shape index (κ1) is 28.2. The maximum absolute atomic E-state index is 12.8. The first-order valence-corrected chi connectivity index (χ1v) is 11.0. The quantitative estimate of drug-likeness (QED) is 0.227. The molecule has 0 saturated heterocycles. The van der Waals surface area contributed by atoms with Gasteiger partial charge < -0.3 is 26.8 Å². The lowest BCUT2D eigenvalue weighted by atomic mass is 9.95. The highest BCUT2D eigenvalue weighted by Gasteiger charge is 2.33. The van der Waals surface area contributed by atoms with Crippen molar-refractivity contribution < 1.29 is 24.3 Å². The molecule has 0 aliphatic carbocycles. The van der Waals surface area contributed by atoms with Crippen molar-refractivity contribution in [3.05, 3.63) is 0 Å². The number of nitrogens with one attached hydrogen (secondary N) is 3. The second kappa shape index (κ2) is 13.5. The van der Waals surface area contributed by atoms with Crippen LogP contribution in [0.25, 0.3) is 0 Å². The molecule has 0 aliphatic heterocycles. The monoisotopic (exact) mass is 446 g/mol. The number of thiol groups is 1. The van der Waals surface area contributed by atoms with Crippen molar-refractivity contribution in [3.63, 3.8) is 0 Å². The van der Waals surface area contributed by atoms with E-state index in [9.17, 15) is 24.3 Å². The van der Waals surface area contributed by atoms with E-state index in [0.717, 1.165) is 0 Å². The van der Waals surface area contributed by atoms with Crippen molar-refractivity contribution in [2.24, 2.45) is 23.5 Å². The maximum Gasteiger partial charge on any atom is 0.326 e. The Labute approximate surface area is 184 Å². The summed E-state index contributed by atoms with van der Waals surface area (Å²) in [5.74, 6) is -3.39. The highest BCUT2D eigenvalue weighted by Crippen LogP contribution is 2.12. The molecule has 30 heavy (non-hydrogen) atoms. The van der Waals surface area contributed by atoms with E-state index in [1.54, 1.807) is 27.7 Å². The van der Waals surface area contributed by atoms with E-state index in [2.05, 4.69) is 28.6 Å². The van der Waals surface area contributed by atoms with Gasteiger partial charge in [0.25, 0.3) is 0 Å². The summed E-state index contributed by atoms with van der Waals surface area (Å²) in [6.45, 7) is 10.8. The summed E-state index contributed by atoms with van der Waals surface area (Å²) in [5, 5.41) is 17.2. The molecule has 10 heteroatoms. The van der Waals surface area contributed by atoms with Crippen LogP contribution < -0.4 is 21.7 Å². The Morgan fingerprint density at radius 3 is 1.70 bits per heavy atom. The first-order chi connectivity index (χ1) is 13.9. The molecular formula is C20H38N4O5S. The topological polar surface area (TPSA) is 151 Å². The van der Waals surface area contributed by atoms with Gasteiger partial charge in [0.2, 0.25) is 17.7 Å². The van der Waals surface area contributed by atoms with Crippen LogP contribution in [-0.2, 0) is 19.2 Å². The summed E-state index contributed by atoms with van der Waals surface area (Å²) in [5.41, 5.74) is 5.82. The third-order valence-electron chi connectivity index (χ3n) is 5.41. The van der Waals surface area contributed by atoms with Crippen molar-refractivity contribution >= 4 is 36.3 Å². The van der Waals surface area contributed by atoms with Crippen LogP contribution in [0.4, 0.5) is 0 Å². The van der Waals surface area contributed by atoms with Crippen LogP contribution in [0, 0.1) is 17.8 Å². The zero-order chi connectivity index (χ0) is 23.6. The Kier molecular flexibility index (Phi) is 12.7. The van der Waals surface area contributed by atoms with Crippen molar-refractivity contribution in [2.75, 3.05) is 5.75 Å². The minimum absolute atomic E-state index is 0.0157. The summed E-state index contributed by atoms with van der Waals surface area (Å²) in [4.78, 5) is 49.3. The van der Waals surface area contributed by atoms with Crippen LogP contribution in [0.2, 0.25) is 0 Å². The molecule has 0 aromatic heterocycles. The molecule has 0 fully saturated rings. The van der Waals surface area contributed by atoms with Gasteiger partial charge in [-0.1, -0.05) is 54.4 Å². The second-order valence-corrected chi connectivity index (χ2v) is 8.46. The number of nitrogens with two attached hydrogens (primary N) is 1. The lowest BCUT2D eigenvalue weighted by Gasteiger charge is -2.29. The highest BCUT2D eigenvalue weighted by molar-refractivity contribution is 7.80. The number of hydrogen-bond donors (Lipinski definition) is 6. The van der Waals surface area contributed by atoms with E-state index >= 15 is 0 Å². The molecule has 0 radical (unpaired) electrons. The Bertz CT molecular complexity index is 602. The molecule has 0 aliphatic rings. The molecule has 6 unspecified atom stereocenters. The van der Waals surface area contributed by atoms with E-state index in [1.807, 2.05) is 13.8 Å². The van der Waals surface area contributed by atoms with Gasteiger partial charge in [-0.25, -0.2) is 4.79 Å². The lowest BCUT2D eigenvalue weighted by Crippen LogP contribution is -2.60. The molecule has 0 bridgehead atoms. The van der Waals surface area contributed by atoms with Gasteiger partial charge in [-0.05, 0) is 17.8 Å². The van der Waals surface area contributed by atoms with E-state index in [1.165, 1.54) is 0 Å². The number of carbonyl (C=O) groups is 4. The predicted molar refractivity (Wildman–Crippen MR) is 119 cm³/mol. The highest BCUT2D eigenvalue weighted by atomic mass is 32.1.